The molecular formula is C27H26N6O4. The summed E-state index contributed by atoms with van der Waals surface area (Å²) in [5, 5.41) is 4.00. The number of amides is 1. The van der Waals surface area contributed by atoms with Crippen molar-refractivity contribution in [3.05, 3.63) is 54.0 Å². The van der Waals surface area contributed by atoms with Crippen LogP contribution < -0.4 is 20.5 Å². The van der Waals surface area contributed by atoms with Crippen LogP contribution in [0.1, 0.15) is 41.9 Å². The molecule has 0 bridgehead atoms. The molecule has 0 unspecified atom stereocenters. The number of hydrogen-bond acceptors (Lipinski definition) is 8. The number of benzene rings is 2. The molecule has 1 aliphatic rings. The Hall–Kier alpha value is -4.60. The number of ether oxygens (including phenoxy) is 2. The number of H-pyrrole nitrogens is 1. The van der Waals surface area contributed by atoms with Gasteiger partial charge in [0.2, 0.25) is 17.7 Å². The lowest BCUT2D eigenvalue weighted by Gasteiger charge is -2.16. The number of aryl methyl sites for hydroxylation is 1. The highest BCUT2D eigenvalue weighted by Gasteiger charge is 2.23. The number of oxazole rings is 1. The average Bonchev–Trinajstić information content (AvgIpc) is 3.63. The number of nitrogens with one attached hydrogen (secondary N) is 2. The van der Waals surface area contributed by atoms with Crippen LogP contribution in [0.2, 0.25) is 0 Å². The summed E-state index contributed by atoms with van der Waals surface area (Å²) < 4.78 is 17.7. The van der Waals surface area contributed by atoms with Gasteiger partial charge in [-0.25, -0.2) is 4.98 Å². The van der Waals surface area contributed by atoms with Crippen LogP contribution in [0.15, 0.2) is 47.0 Å². The Morgan fingerprint density at radius 2 is 1.97 bits per heavy atom. The lowest BCUT2D eigenvalue weighted by atomic mass is 10.1. The second-order valence-corrected chi connectivity index (χ2v) is 9.12. The van der Waals surface area contributed by atoms with Crippen molar-refractivity contribution in [1.82, 2.24) is 19.9 Å². The highest BCUT2D eigenvalue weighted by Crippen LogP contribution is 2.38. The van der Waals surface area contributed by atoms with Crippen LogP contribution in [0.4, 0.5) is 11.6 Å². The van der Waals surface area contributed by atoms with Gasteiger partial charge in [0.1, 0.15) is 23.0 Å². The maximum Gasteiger partial charge on any atom is 0.248 e. The maximum absolute atomic E-state index is 11.6. The number of anilines is 2. The zero-order valence-corrected chi connectivity index (χ0v) is 20.5. The summed E-state index contributed by atoms with van der Waals surface area (Å²) in [6.07, 6.45) is 6.23. The van der Waals surface area contributed by atoms with E-state index in [-0.39, 0.29) is 6.10 Å². The lowest BCUT2D eigenvalue weighted by molar-refractivity contribution is 0.1000. The number of carbonyl (C=O) groups excluding carboxylic acids is 1. The van der Waals surface area contributed by atoms with E-state index in [1.54, 1.807) is 18.2 Å². The van der Waals surface area contributed by atoms with E-state index in [4.69, 9.17) is 29.6 Å². The molecule has 4 N–H and O–H groups in total. The SMILES string of the molecule is COc1cc(C(N)=O)ccc1Nc1nc(OC2CCCC2)c2c(-c3ccc4nc(C)oc4c3)c[nH]c2n1. The number of aromatic amines is 1. The Kier molecular flexibility index (Phi) is 5.63. The fourth-order valence-electron chi connectivity index (χ4n) is 4.81. The van der Waals surface area contributed by atoms with Gasteiger partial charge in [-0.05, 0) is 61.6 Å². The largest absolute Gasteiger partial charge is 0.495 e. The maximum atomic E-state index is 11.6. The zero-order valence-electron chi connectivity index (χ0n) is 20.5. The zero-order chi connectivity index (χ0) is 25.5. The molecule has 2 aromatic carbocycles. The Morgan fingerprint density at radius 3 is 2.76 bits per heavy atom. The summed E-state index contributed by atoms with van der Waals surface area (Å²) >= 11 is 0. The van der Waals surface area contributed by atoms with E-state index in [0.717, 1.165) is 47.7 Å². The molecule has 0 saturated heterocycles. The first-order chi connectivity index (χ1) is 18.0. The van der Waals surface area contributed by atoms with Crippen LogP contribution in [0.5, 0.6) is 11.6 Å². The van der Waals surface area contributed by atoms with Crippen molar-refractivity contribution in [2.24, 2.45) is 5.73 Å². The van der Waals surface area contributed by atoms with Gasteiger partial charge in [0.15, 0.2) is 11.5 Å². The second-order valence-electron chi connectivity index (χ2n) is 9.12. The highest BCUT2D eigenvalue weighted by atomic mass is 16.5. The highest BCUT2D eigenvalue weighted by molar-refractivity contribution is 5.99. The third-order valence-electron chi connectivity index (χ3n) is 6.62. The normalized spacial score (nSPS) is 13.9. The van der Waals surface area contributed by atoms with Gasteiger partial charge < -0.3 is 29.9 Å². The number of nitrogens with zero attached hydrogens (tertiary/aromatic N) is 3. The third-order valence-corrected chi connectivity index (χ3v) is 6.62. The minimum absolute atomic E-state index is 0.0949. The number of methoxy groups -OCH3 is 1. The van der Waals surface area contributed by atoms with E-state index >= 15 is 0 Å². The molecule has 1 saturated carbocycles. The third kappa shape index (κ3) is 4.31. The first-order valence-electron chi connectivity index (χ1n) is 12.2. The quantitative estimate of drug-likeness (QED) is 0.276. The second kappa shape index (κ2) is 9.12. The van der Waals surface area contributed by atoms with Gasteiger partial charge in [-0.1, -0.05) is 6.07 Å². The summed E-state index contributed by atoms with van der Waals surface area (Å²) in [5.74, 6) is 1.36. The lowest BCUT2D eigenvalue weighted by Crippen LogP contribution is -2.13. The van der Waals surface area contributed by atoms with Gasteiger partial charge in [0, 0.05) is 24.2 Å². The molecule has 3 heterocycles. The Bertz CT molecular complexity index is 1630. The molecule has 0 aliphatic heterocycles. The first-order valence-corrected chi connectivity index (χ1v) is 12.2. The average molecular weight is 499 g/mol. The summed E-state index contributed by atoms with van der Waals surface area (Å²) in [6.45, 7) is 1.83. The number of primary amides is 1. The molecule has 6 rings (SSSR count). The van der Waals surface area contributed by atoms with Crippen molar-refractivity contribution in [3.8, 4) is 22.8 Å². The minimum atomic E-state index is -0.535. The number of carbonyl (C=O) groups is 1. The van der Waals surface area contributed by atoms with Crippen molar-refractivity contribution in [2.75, 3.05) is 12.4 Å². The fraction of sp³-hybridized carbons (Fsp3) is 0.259. The number of aromatic nitrogens is 4. The standard InChI is InChI=1S/C27H26N6O4/c1-14-30-20-9-7-15(11-22(20)36-14)18-13-29-25-23(18)26(37-17-5-3-4-6-17)33-27(32-25)31-19-10-8-16(24(28)34)12-21(19)35-2/h7-13,17H,3-6H2,1-2H3,(H2,28,34)(H2,29,31,32,33). The minimum Gasteiger partial charge on any atom is -0.495 e. The summed E-state index contributed by atoms with van der Waals surface area (Å²) in [5.41, 5.74) is 10.4. The van der Waals surface area contributed by atoms with Gasteiger partial charge >= 0.3 is 0 Å². The summed E-state index contributed by atoms with van der Waals surface area (Å²) in [6, 6.07) is 10.8. The van der Waals surface area contributed by atoms with Gasteiger partial charge in [0.05, 0.1) is 18.2 Å². The predicted molar refractivity (Wildman–Crippen MR) is 139 cm³/mol. The predicted octanol–water partition coefficient (Wildman–Crippen LogP) is 5.25. The van der Waals surface area contributed by atoms with Crippen LogP contribution in [0, 0.1) is 6.92 Å². The Balaban J connectivity index is 1.44. The molecule has 10 nitrogen and oxygen atoms in total. The molecule has 10 heteroatoms. The van der Waals surface area contributed by atoms with Gasteiger partial charge in [0.25, 0.3) is 0 Å². The molecule has 5 aromatic rings. The molecule has 0 spiro atoms. The van der Waals surface area contributed by atoms with Crippen molar-refractivity contribution in [2.45, 2.75) is 38.7 Å². The van der Waals surface area contributed by atoms with E-state index in [0.29, 0.717) is 45.9 Å². The fourth-order valence-corrected chi connectivity index (χ4v) is 4.81. The van der Waals surface area contributed by atoms with E-state index in [9.17, 15) is 4.79 Å². The molecule has 1 amide bonds. The van der Waals surface area contributed by atoms with Crippen molar-refractivity contribution >= 4 is 39.7 Å². The van der Waals surface area contributed by atoms with Crippen LogP contribution >= 0.6 is 0 Å². The Labute approximate surface area is 212 Å². The van der Waals surface area contributed by atoms with Crippen LogP contribution in [0.3, 0.4) is 0 Å². The summed E-state index contributed by atoms with van der Waals surface area (Å²) in [4.78, 5) is 28.7. The van der Waals surface area contributed by atoms with E-state index in [1.165, 1.54) is 7.11 Å². The summed E-state index contributed by atoms with van der Waals surface area (Å²) in [7, 11) is 1.52. The van der Waals surface area contributed by atoms with Crippen molar-refractivity contribution in [3.63, 3.8) is 0 Å². The number of rotatable bonds is 7. The molecule has 3 aromatic heterocycles. The molecular weight excluding hydrogens is 472 g/mol. The topological polar surface area (TPSA) is 141 Å². The number of nitrogens with two attached hydrogens (primary N) is 1. The molecule has 37 heavy (non-hydrogen) atoms. The monoisotopic (exact) mass is 498 g/mol. The first kappa shape index (κ1) is 22.8. The van der Waals surface area contributed by atoms with Gasteiger partial charge in [-0.15, -0.1) is 0 Å². The van der Waals surface area contributed by atoms with E-state index in [1.807, 2.05) is 31.3 Å². The molecule has 0 atom stereocenters. The number of hydrogen-bond donors (Lipinski definition) is 3. The van der Waals surface area contributed by atoms with Crippen molar-refractivity contribution < 1.29 is 18.7 Å². The van der Waals surface area contributed by atoms with Crippen LogP contribution in [0.25, 0.3) is 33.3 Å². The molecule has 1 fully saturated rings. The van der Waals surface area contributed by atoms with Gasteiger partial charge in [-0.3, -0.25) is 4.79 Å². The van der Waals surface area contributed by atoms with E-state index < -0.39 is 5.91 Å². The van der Waals surface area contributed by atoms with Crippen LogP contribution in [-0.4, -0.2) is 39.1 Å². The molecule has 0 radical (unpaired) electrons. The van der Waals surface area contributed by atoms with Gasteiger partial charge in [-0.2, -0.15) is 9.97 Å². The number of fused-ring (bicyclic) bond motifs is 2. The van der Waals surface area contributed by atoms with E-state index in [2.05, 4.69) is 15.3 Å². The van der Waals surface area contributed by atoms with Crippen molar-refractivity contribution in [1.29, 1.82) is 0 Å². The molecule has 188 valence electrons. The smallest absolute Gasteiger partial charge is 0.248 e. The molecule has 1 aliphatic carbocycles. The Morgan fingerprint density at radius 1 is 1.14 bits per heavy atom. The van der Waals surface area contributed by atoms with Crippen LogP contribution in [-0.2, 0) is 0 Å².